The first-order valence-electron chi connectivity index (χ1n) is 22.0. The molecule has 0 N–H and O–H groups in total. The third-order valence-corrected chi connectivity index (χ3v) is 14.2. The number of nitrogens with zero attached hydrogens (tertiary/aromatic N) is 2. The molecule has 0 radical (unpaired) electrons. The summed E-state index contributed by atoms with van der Waals surface area (Å²) in [5.74, 6) is 0. The Labute approximate surface area is 364 Å². The van der Waals surface area contributed by atoms with Crippen LogP contribution in [0.3, 0.4) is 0 Å². The van der Waals surface area contributed by atoms with E-state index in [2.05, 4.69) is 233 Å². The van der Waals surface area contributed by atoms with Gasteiger partial charge in [0.1, 0.15) is 0 Å². The van der Waals surface area contributed by atoms with E-state index in [1.165, 1.54) is 111 Å². The van der Waals surface area contributed by atoms with Crippen molar-refractivity contribution in [1.29, 1.82) is 0 Å². The maximum Gasteiger partial charge on any atom is 0.0540 e. The fourth-order valence-corrected chi connectivity index (χ4v) is 11.5. The normalized spacial score (nSPS) is 14.2. The molecule has 0 spiro atoms. The number of aryl methyl sites for hydroxylation is 2. The minimum atomic E-state index is -0.184. The first-order chi connectivity index (χ1) is 30.1. The molecule has 12 rings (SSSR count). The Morgan fingerprint density at radius 2 is 0.726 bits per heavy atom. The van der Waals surface area contributed by atoms with Crippen molar-refractivity contribution in [2.45, 2.75) is 52.4 Å². The van der Waals surface area contributed by atoms with Gasteiger partial charge >= 0.3 is 0 Å². The highest BCUT2D eigenvalue weighted by Crippen LogP contribution is 2.57. The van der Waals surface area contributed by atoms with E-state index in [-0.39, 0.29) is 10.8 Å². The van der Waals surface area contributed by atoms with Crippen molar-refractivity contribution in [3.8, 4) is 22.3 Å². The summed E-state index contributed by atoms with van der Waals surface area (Å²) in [5.41, 5.74) is 20.0. The summed E-state index contributed by atoms with van der Waals surface area (Å²) in [6.07, 6.45) is 0. The van der Waals surface area contributed by atoms with Crippen LogP contribution in [0.4, 0.5) is 34.1 Å². The van der Waals surface area contributed by atoms with Crippen LogP contribution < -0.4 is 9.80 Å². The van der Waals surface area contributed by atoms with Crippen molar-refractivity contribution in [3.63, 3.8) is 0 Å². The number of hydrogen-bond acceptors (Lipinski definition) is 2. The lowest BCUT2D eigenvalue weighted by molar-refractivity contribution is 0.660. The highest BCUT2D eigenvalue weighted by Gasteiger charge is 2.40. The zero-order chi connectivity index (χ0) is 42.1. The van der Waals surface area contributed by atoms with Crippen LogP contribution in [0.2, 0.25) is 0 Å². The highest BCUT2D eigenvalue weighted by atomic mass is 15.2. The Kier molecular flexibility index (Phi) is 7.79. The summed E-state index contributed by atoms with van der Waals surface area (Å²) in [4.78, 5) is 5.08. The van der Waals surface area contributed by atoms with Crippen molar-refractivity contribution < 1.29 is 0 Å². The maximum atomic E-state index is 2.54. The summed E-state index contributed by atoms with van der Waals surface area (Å²) in [5, 5.41) is 7.56. The van der Waals surface area contributed by atoms with Gasteiger partial charge in [-0.25, -0.2) is 0 Å². The van der Waals surface area contributed by atoms with Crippen LogP contribution in [-0.2, 0) is 10.8 Å². The molecule has 2 aliphatic carbocycles. The van der Waals surface area contributed by atoms with Gasteiger partial charge in [0.15, 0.2) is 0 Å². The van der Waals surface area contributed by atoms with Gasteiger partial charge in [0, 0.05) is 33.0 Å². The first-order valence-corrected chi connectivity index (χ1v) is 22.0. The van der Waals surface area contributed by atoms with E-state index >= 15 is 0 Å². The monoisotopic (exact) mass is 796 g/mol. The number of hydrogen-bond donors (Lipinski definition) is 0. The molecule has 0 bridgehead atoms. The Morgan fingerprint density at radius 1 is 0.339 bits per heavy atom. The van der Waals surface area contributed by atoms with Crippen molar-refractivity contribution in [3.05, 3.63) is 215 Å². The minimum absolute atomic E-state index is 0.184. The molecule has 10 aromatic rings. The van der Waals surface area contributed by atoms with Crippen LogP contribution in [0.1, 0.15) is 61.1 Å². The number of anilines is 6. The van der Waals surface area contributed by atoms with Crippen molar-refractivity contribution >= 4 is 66.4 Å². The second-order valence-electron chi connectivity index (χ2n) is 18.7. The Morgan fingerprint density at radius 3 is 1.16 bits per heavy atom. The van der Waals surface area contributed by atoms with Gasteiger partial charge in [-0.2, -0.15) is 0 Å². The fourth-order valence-electron chi connectivity index (χ4n) is 11.5. The van der Waals surface area contributed by atoms with Crippen LogP contribution in [0.5, 0.6) is 0 Å². The van der Waals surface area contributed by atoms with Crippen LogP contribution >= 0.6 is 0 Å². The van der Waals surface area contributed by atoms with Crippen molar-refractivity contribution in [2.24, 2.45) is 0 Å². The molecular weight excluding hydrogens is 749 g/mol. The molecule has 0 unspecified atom stereocenters. The minimum Gasteiger partial charge on any atom is -0.310 e. The molecular formula is C60H48N2. The largest absolute Gasteiger partial charge is 0.310 e. The van der Waals surface area contributed by atoms with Gasteiger partial charge in [-0.1, -0.05) is 161 Å². The lowest BCUT2D eigenvalue weighted by Gasteiger charge is -2.34. The molecule has 0 aliphatic heterocycles. The maximum absolute atomic E-state index is 2.54. The fraction of sp³-hybridized carbons (Fsp3) is 0.133. The molecule has 0 fully saturated rings. The summed E-state index contributed by atoms with van der Waals surface area (Å²) >= 11 is 0. The Balaban J connectivity index is 1.13. The standard InChI is InChI=1S/C60H48N2/c1-37-15-11-17-41(35-37)61(53-25-13-21-45-43-19-7-9-23-49(43)59(3,4)57(45)53)51-33-29-39-28-32-48-52(34-30-40-27-31-47(51)55(39)56(40)48)62(42-18-12-16-38(2)36-42)54-26-14-22-46-44-20-8-10-24-50(44)60(5,6)58(46)54/h7-36H,1-6H3. The highest BCUT2D eigenvalue weighted by molar-refractivity contribution is 6.28. The number of fused-ring (bicyclic) bond motifs is 6. The van der Waals surface area contributed by atoms with Crippen molar-refractivity contribution in [1.82, 2.24) is 0 Å². The Bertz CT molecular complexity index is 3230. The van der Waals surface area contributed by atoms with Gasteiger partial charge in [0.25, 0.3) is 0 Å². The van der Waals surface area contributed by atoms with Crippen LogP contribution in [0, 0.1) is 13.8 Å². The van der Waals surface area contributed by atoms with Crippen LogP contribution in [0.15, 0.2) is 182 Å². The summed E-state index contributed by atoms with van der Waals surface area (Å²) in [7, 11) is 0. The quantitative estimate of drug-likeness (QED) is 0.155. The third-order valence-electron chi connectivity index (χ3n) is 14.2. The van der Waals surface area contributed by atoms with E-state index in [1.54, 1.807) is 0 Å². The van der Waals surface area contributed by atoms with Crippen LogP contribution in [-0.4, -0.2) is 0 Å². The molecule has 298 valence electrons. The first kappa shape index (κ1) is 36.7. The Hall–Kier alpha value is -7.16. The molecule has 0 saturated carbocycles. The molecule has 0 saturated heterocycles. The van der Waals surface area contributed by atoms with Gasteiger partial charge in [0.05, 0.1) is 22.7 Å². The number of rotatable bonds is 6. The van der Waals surface area contributed by atoms with Gasteiger partial charge in [-0.15, -0.1) is 0 Å². The van der Waals surface area contributed by atoms with E-state index in [0.29, 0.717) is 0 Å². The van der Waals surface area contributed by atoms with Crippen LogP contribution in [0.25, 0.3) is 54.6 Å². The molecule has 0 heterocycles. The van der Waals surface area contributed by atoms with Crippen molar-refractivity contribution in [2.75, 3.05) is 9.80 Å². The van der Waals surface area contributed by atoms with E-state index in [0.717, 1.165) is 11.4 Å². The molecule has 10 aromatic carbocycles. The molecule has 0 aromatic heterocycles. The summed E-state index contributed by atoms with van der Waals surface area (Å²) in [6, 6.07) is 68.6. The molecule has 2 aliphatic rings. The van der Waals surface area contributed by atoms with E-state index in [9.17, 15) is 0 Å². The van der Waals surface area contributed by atoms with E-state index in [4.69, 9.17) is 0 Å². The smallest absolute Gasteiger partial charge is 0.0540 e. The van der Waals surface area contributed by atoms with E-state index < -0.39 is 0 Å². The second kappa shape index (κ2) is 13.2. The van der Waals surface area contributed by atoms with Gasteiger partial charge in [-0.05, 0) is 140 Å². The SMILES string of the molecule is Cc1cccc(N(c2cccc3c2C(C)(C)c2ccccc2-3)c2ccc3ccc4c(N(c5cccc(C)c5)c5cccc6c5C(C)(C)c5ccccc5-6)ccc5ccc2c3c54)c1. The predicted octanol–water partition coefficient (Wildman–Crippen LogP) is 16.8. The molecule has 0 amide bonds. The predicted molar refractivity (Wildman–Crippen MR) is 264 cm³/mol. The summed E-state index contributed by atoms with van der Waals surface area (Å²) < 4.78 is 0. The lowest BCUT2D eigenvalue weighted by Crippen LogP contribution is -2.21. The summed E-state index contributed by atoms with van der Waals surface area (Å²) in [6.45, 7) is 14.0. The molecule has 2 nitrogen and oxygen atoms in total. The number of benzene rings is 10. The topological polar surface area (TPSA) is 6.48 Å². The lowest BCUT2D eigenvalue weighted by atomic mass is 9.81. The molecule has 62 heavy (non-hydrogen) atoms. The van der Waals surface area contributed by atoms with Gasteiger partial charge < -0.3 is 9.80 Å². The molecule has 2 heteroatoms. The zero-order valence-electron chi connectivity index (χ0n) is 36.2. The average Bonchev–Trinajstić information content (AvgIpc) is 3.67. The van der Waals surface area contributed by atoms with Gasteiger partial charge in [0.2, 0.25) is 0 Å². The zero-order valence-corrected chi connectivity index (χ0v) is 36.2. The van der Waals surface area contributed by atoms with Gasteiger partial charge in [-0.3, -0.25) is 0 Å². The van der Waals surface area contributed by atoms with E-state index in [1.807, 2.05) is 0 Å². The second-order valence-corrected chi connectivity index (χ2v) is 18.7. The average molecular weight is 797 g/mol. The third kappa shape index (κ3) is 5.10. The molecule has 0 atom stereocenters.